The molecule has 1 amide bonds. The molecule has 4 nitrogen and oxygen atoms in total. The molecular weight excluding hydrogens is 362 g/mol. The normalized spacial score (nSPS) is 11.7. The van der Waals surface area contributed by atoms with Crippen LogP contribution in [0.4, 0.5) is 23.2 Å². The van der Waals surface area contributed by atoms with E-state index in [4.69, 9.17) is 11.6 Å². The van der Waals surface area contributed by atoms with Gasteiger partial charge in [0.1, 0.15) is 12.4 Å². The van der Waals surface area contributed by atoms with Gasteiger partial charge in [0.2, 0.25) is 11.7 Å². The summed E-state index contributed by atoms with van der Waals surface area (Å²) in [6, 6.07) is 9.53. The number of amides is 1. The summed E-state index contributed by atoms with van der Waals surface area (Å²) in [5, 5.41) is 2.21. The number of halogens is 5. The second kappa shape index (κ2) is 6.36. The van der Waals surface area contributed by atoms with E-state index >= 15 is 0 Å². The smallest absolute Gasteiger partial charge is 0.324 e. The fraction of sp³-hybridized carbons (Fsp3) is 0.125. The largest absolute Gasteiger partial charge is 0.449 e. The number of imidazole rings is 1. The van der Waals surface area contributed by atoms with Crippen molar-refractivity contribution < 1.29 is 22.4 Å². The highest BCUT2D eigenvalue weighted by Gasteiger charge is 2.38. The van der Waals surface area contributed by atoms with Crippen molar-refractivity contribution in [2.24, 2.45) is 0 Å². The molecule has 0 aliphatic carbocycles. The second-order valence-corrected chi connectivity index (χ2v) is 5.59. The molecule has 3 rings (SSSR count). The van der Waals surface area contributed by atoms with E-state index in [9.17, 15) is 22.4 Å². The average molecular weight is 372 g/mol. The molecule has 2 aromatic carbocycles. The van der Waals surface area contributed by atoms with Crippen molar-refractivity contribution in [1.29, 1.82) is 0 Å². The van der Waals surface area contributed by atoms with Gasteiger partial charge >= 0.3 is 6.18 Å². The Morgan fingerprint density at radius 1 is 1.20 bits per heavy atom. The third-order valence-corrected chi connectivity index (χ3v) is 3.72. The maximum atomic E-state index is 13.4. The maximum Gasteiger partial charge on any atom is 0.449 e. The highest BCUT2D eigenvalue weighted by Crippen LogP contribution is 2.31. The van der Waals surface area contributed by atoms with Crippen molar-refractivity contribution in [2.75, 3.05) is 5.32 Å². The van der Waals surface area contributed by atoms with E-state index in [1.165, 1.54) is 24.3 Å². The van der Waals surface area contributed by atoms with E-state index in [0.29, 0.717) is 0 Å². The van der Waals surface area contributed by atoms with Gasteiger partial charge in [0, 0.05) is 5.69 Å². The average Bonchev–Trinajstić information content (AvgIpc) is 2.90. The first kappa shape index (κ1) is 17.2. The molecular formula is C16H10ClF4N3O. The summed E-state index contributed by atoms with van der Waals surface area (Å²) >= 11 is 5.54. The van der Waals surface area contributed by atoms with Gasteiger partial charge in [0.25, 0.3) is 0 Å². The molecule has 0 saturated heterocycles. The van der Waals surface area contributed by atoms with Crippen molar-refractivity contribution in [1.82, 2.24) is 9.55 Å². The molecule has 1 heterocycles. The Morgan fingerprint density at radius 3 is 2.60 bits per heavy atom. The van der Waals surface area contributed by atoms with E-state index in [0.717, 1.165) is 10.6 Å². The number of aromatic nitrogens is 2. The Labute approximate surface area is 144 Å². The van der Waals surface area contributed by atoms with E-state index in [-0.39, 0.29) is 21.7 Å². The van der Waals surface area contributed by atoms with E-state index in [2.05, 4.69) is 10.3 Å². The molecule has 1 N–H and O–H groups in total. The van der Waals surface area contributed by atoms with Crippen LogP contribution < -0.4 is 5.32 Å². The number of nitrogens with zero attached hydrogens (tertiary/aromatic N) is 2. The molecule has 25 heavy (non-hydrogen) atoms. The summed E-state index contributed by atoms with van der Waals surface area (Å²) in [6.07, 6.45) is -4.72. The predicted molar refractivity (Wildman–Crippen MR) is 84.8 cm³/mol. The van der Waals surface area contributed by atoms with Crippen LogP contribution in [0.25, 0.3) is 11.0 Å². The van der Waals surface area contributed by atoms with Gasteiger partial charge in [0.15, 0.2) is 0 Å². The number of para-hydroxylation sites is 2. The number of alkyl halides is 3. The zero-order valence-corrected chi connectivity index (χ0v) is 13.2. The summed E-state index contributed by atoms with van der Waals surface area (Å²) < 4.78 is 53.7. The summed E-state index contributed by atoms with van der Waals surface area (Å²) in [7, 11) is 0. The lowest BCUT2D eigenvalue weighted by Crippen LogP contribution is -2.23. The summed E-state index contributed by atoms with van der Waals surface area (Å²) in [5.74, 6) is -2.68. The number of benzene rings is 2. The van der Waals surface area contributed by atoms with Crippen LogP contribution in [0.1, 0.15) is 5.82 Å². The summed E-state index contributed by atoms with van der Waals surface area (Å²) in [6.45, 7) is -0.625. The van der Waals surface area contributed by atoms with Crippen LogP contribution in [-0.2, 0) is 17.5 Å². The zero-order valence-electron chi connectivity index (χ0n) is 12.4. The fourth-order valence-corrected chi connectivity index (χ4v) is 2.49. The number of fused-ring (bicyclic) bond motifs is 1. The number of nitrogens with one attached hydrogen (secondary N) is 1. The minimum Gasteiger partial charge on any atom is -0.324 e. The molecule has 9 heteroatoms. The number of hydrogen-bond acceptors (Lipinski definition) is 2. The Balaban J connectivity index is 1.91. The zero-order chi connectivity index (χ0) is 18.2. The topological polar surface area (TPSA) is 46.9 Å². The summed E-state index contributed by atoms with van der Waals surface area (Å²) in [4.78, 5) is 15.7. The van der Waals surface area contributed by atoms with E-state index in [1.54, 1.807) is 12.1 Å². The molecule has 0 aliphatic rings. The number of carbonyl (C=O) groups is 1. The SMILES string of the molecule is O=C(Cn1c(C(F)(F)F)nc2ccccc21)Nc1ccc(Cl)c(F)c1. The lowest BCUT2D eigenvalue weighted by Gasteiger charge is -2.12. The van der Waals surface area contributed by atoms with Crippen LogP contribution in [0.2, 0.25) is 5.02 Å². The molecule has 130 valence electrons. The van der Waals surface area contributed by atoms with E-state index < -0.39 is 30.3 Å². The first-order valence-corrected chi connectivity index (χ1v) is 7.41. The lowest BCUT2D eigenvalue weighted by molar-refractivity contribution is -0.147. The van der Waals surface area contributed by atoms with Crippen LogP contribution in [0, 0.1) is 5.82 Å². The Bertz CT molecular complexity index is 952. The minimum absolute atomic E-state index is 0.0879. The second-order valence-electron chi connectivity index (χ2n) is 5.19. The molecule has 0 bridgehead atoms. The maximum absolute atomic E-state index is 13.4. The van der Waals surface area contributed by atoms with Crippen LogP contribution in [0.3, 0.4) is 0 Å². The van der Waals surface area contributed by atoms with Crippen molar-refractivity contribution in [3.63, 3.8) is 0 Å². The van der Waals surface area contributed by atoms with Gasteiger partial charge in [-0.05, 0) is 30.3 Å². The van der Waals surface area contributed by atoms with Crippen molar-refractivity contribution in [3.8, 4) is 0 Å². The standard InChI is InChI=1S/C16H10ClF4N3O/c17-10-6-5-9(7-11(10)18)22-14(25)8-24-13-4-2-1-3-12(13)23-15(24)16(19,20)21/h1-7H,8H2,(H,22,25). The molecule has 0 atom stereocenters. The van der Waals surface area contributed by atoms with Crippen molar-refractivity contribution >= 4 is 34.2 Å². The van der Waals surface area contributed by atoms with Gasteiger partial charge in [-0.2, -0.15) is 13.2 Å². The van der Waals surface area contributed by atoms with Crippen LogP contribution in [-0.4, -0.2) is 15.5 Å². The number of carbonyl (C=O) groups excluding carboxylic acids is 1. The van der Waals surface area contributed by atoms with Gasteiger partial charge in [-0.1, -0.05) is 23.7 Å². The minimum atomic E-state index is -4.72. The molecule has 0 aliphatic heterocycles. The Morgan fingerprint density at radius 2 is 1.92 bits per heavy atom. The Kier molecular flexibility index (Phi) is 4.38. The fourth-order valence-electron chi connectivity index (χ4n) is 2.37. The van der Waals surface area contributed by atoms with Crippen LogP contribution >= 0.6 is 11.6 Å². The molecule has 0 fully saturated rings. The van der Waals surface area contributed by atoms with Gasteiger partial charge in [-0.3, -0.25) is 4.79 Å². The van der Waals surface area contributed by atoms with Gasteiger partial charge in [0.05, 0.1) is 16.1 Å². The van der Waals surface area contributed by atoms with Crippen LogP contribution in [0.15, 0.2) is 42.5 Å². The lowest BCUT2D eigenvalue weighted by atomic mass is 10.3. The Hall–Kier alpha value is -2.61. The molecule has 0 saturated carbocycles. The predicted octanol–water partition coefficient (Wildman–Crippen LogP) is 4.49. The monoisotopic (exact) mass is 371 g/mol. The molecule has 1 aromatic heterocycles. The highest BCUT2D eigenvalue weighted by molar-refractivity contribution is 6.30. The van der Waals surface area contributed by atoms with Gasteiger partial charge < -0.3 is 9.88 Å². The number of hydrogen-bond donors (Lipinski definition) is 1. The van der Waals surface area contributed by atoms with Gasteiger partial charge in [-0.15, -0.1) is 0 Å². The van der Waals surface area contributed by atoms with Crippen LogP contribution in [0.5, 0.6) is 0 Å². The molecule has 0 unspecified atom stereocenters. The first-order chi connectivity index (χ1) is 11.8. The molecule has 0 radical (unpaired) electrons. The third kappa shape index (κ3) is 3.58. The molecule has 0 spiro atoms. The number of anilines is 1. The summed E-state index contributed by atoms with van der Waals surface area (Å²) in [5.41, 5.74) is 0.386. The first-order valence-electron chi connectivity index (χ1n) is 7.03. The van der Waals surface area contributed by atoms with Crippen molar-refractivity contribution in [2.45, 2.75) is 12.7 Å². The van der Waals surface area contributed by atoms with E-state index in [1.807, 2.05) is 0 Å². The van der Waals surface area contributed by atoms with Crippen molar-refractivity contribution in [3.05, 3.63) is 59.1 Å². The molecule has 3 aromatic rings. The van der Waals surface area contributed by atoms with Gasteiger partial charge in [-0.25, -0.2) is 9.37 Å². The highest BCUT2D eigenvalue weighted by atomic mass is 35.5. The number of rotatable bonds is 3. The third-order valence-electron chi connectivity index (χ3n) is 3.41. The quantitative estimate of drug-likeness (QED) is 0.690.